The van der Waals surface area contributed by atoms with Crippen LogP contribution < -0.4 is 0 Å². The average Bonchev–Trinajstić information content (AvgIpc) is 2.30. The lowest BCUT2D eigenvalue weighted by Crippen LogP contribution is -2.32. The Morgan fingerprint density at radius 2 is 1.87 bits per heavy atom. The standard InChI is InChI=1S/C13H18O2/c14-10-13(7-2-1-3-8-13)11-5-4-6-12(15)9-11/h4-6,9,14-15H,1-3,7-8,10H2. The molecule has 82 valence electrons. The first-order valence-corrected chi connectivity index (χ1v) is 5.67. The van der Waals surface area contributed by atoms with Crippen LogP contribution >= 0.6 is 0 Å². The fourth-order valence-electron chi connectivity index (χ4n) is 2.60. The molecule has 1 fully saturated rings. The molecule has 2 N–H and O–H groups in total. The van der Waals surface area contributed by atoms with Gasteiger partial charge in [-0.1, -0.05) is 31.4 Å². The zero-order chi connectivity index (χ0) is 10.7. The second-order valence-corrected chi connectivity index (χ2v) is 4.55. The topological polar surface area (TPSA) is 40.5 Å². The monoisotopic (exact) mass is 206 g/mol. The number of hydrogen-bond acceptors (Lipinski definition) is 2. The second kappa shape index (κ2) is 4.23. The van der Waals surface area contributed by atoms with Crippen molar-refractivity contribution in [1.82, 2.24) is 0 Å². The molecule has 0 heterocycles. The molecule has 0 saturated heterocycles. The van der Waals surface area contributed by atoms with Gasteiger partial charge in [-0.05, 0) is 30.5 Å². The Bertz CT molecular complexity index is 327. The summed E-state index contributed by atoms with van der Waals surface area (Å²) in [7, 11) is 0. The molecule has 15 heavy (non-hydrogen) atoms. The van der Waals surface area contributed by atoms with Gasteiger partial charge >= 0.3 is 0 Å². The van der Waals surface area contributed by atoms with Crippen molar-refractivity contribution in [3.05, 3.63) is 29.8 Å². The Labute approximate surface area is 90.6 Å². The molecule has 2 nitrogen and oxygen atoms in total. The third-order valence-electron chi connectivity index (χ3n) is 3.57. The van der Waals surface area contributed by atoms with Gasteiger partial charge in [0.25, 0.3) is 0 Å². The summed E-state index contributed by atoms with van der Waals surface area (Å²) in [6.45, 7) is 0.191. The molecule has 0 bridgehead atoms. The van der Waals surface area contributed by atoms with Crippen LogP contribution in [0.4, 0.5) is 0 Å². The van der Waals surface area contributed by atoms with Crippen molar-refractivity contribution in [3.63, 3.8) is 0 Å². The molecule has 0 radical (unpaired) electrons. The third kappa shape index (κ3) is 2.00. The molecule has 0 atom stereocenters. The van der Waals surface area contributed by atoms with E-state index in [9.17, 15) is 10.2 Å². The molecule has 1 aliphatic rings. The number of phenolic OH excluding ortho intramolecular Hbond substituents is 1. The summed E-state index contributed by atoms with van der Waals surface area (Å²) in [5.74, 6) is 0.297. The molecule has 1 saturated carbocycles. The van der Waals surface area contributed by atoms with Crippen LogP contribution in [0.15, 0.2) is 24.3 Å². The molecule has 1 aromatic rings. The average molecular weight is 206 g/mol. The van der Waals surface area contributed by atoms with Crippen molar-refractivity contribution in [2.45, 2.75) is 37.5 Å². The van der Waals surface area contributed by atoms with Crippen LogP contribution in [-0.2, 0) is 5.41 Å². The molecule has 1 aliphatic carbocycles. The van der Waals surface area contributed by atoms with Gasteiger partial charge in [-0.2, -0.15) is 0 Å². The molecule has 2 heteroatoms. The minimum atomic E-state index is -0.100. The maximum Gasteiger partial charge on any atom is 0.115 e. The highest BCUT2D eigenvalue weighted by Crippen LogP contribution is 2.39. The molecule has 0 spiro atoms. The first-order chi connectivity index (χ1) is 7.27. The summed E-state index contributed by atoms with van der Waals surface area (Å²) < 4.78 is 0. The van der Waals surface area contributed by atoms with Gasteiger partial charge in [-0.25, -0.2) is 0 Å². The van der Waals surface area contributed by atoms with Gasteiger partial charge in [0.2, 0.25) is 0 Å². The lowest BCUT2D eigenvalue weighted by atomic mass is 9.70. The van der Waals surface area contributed by atoms with Gasteiger partial charge in [0, 0.05) is 5.41 Å². The van der Waals surface area contributed by atoms with E-state index in [0.29, 0.717) is 5.75 Å². The van der Waals surface area contributed by atoms with Gasteiger partial charge < -0.3 is 10.2 Å². The van der Waals surface area contributed by atoms with E-state index in [1.807, 2.05) is 12.1 Å². The lowest BCUT2D eigenvalue weighted by Gasteiger charge is -2.36. The van der Waals surface area contributed by atoms with E-state index in [4.69, 9.17) is 0 Å². The van der Waals surface area contributed by atoms with Crippen LogP contribution in [0.1, 0.15) is 37.7 Å². The van der Waals surface area contributed by atoms with Crippen molar-refractivity contribution < 1.29 is 10.2 Å². The second-order valence-electron chi connectivity index (χ2n) is 4.55. The Morgan fingerprint density at radius 3 is 2.47 bits per heavy atom. The molecule has 2 rings (SSSR count). The van der Waals surface area contributed by atoms with E-state index < -0.39 is 0 Å². The normalized spacial score (nSPS) is 20.1. The van der Waals surface area contributed by atoms with Gasteiger partial charge in [-0.15, -0.1) is 0 Å². The van der Waals surface area contributed by atoms with Crippen LogP contribution in [-0.4, -0.2) is 16.8 Å². The first-order valence-electron chi connectivity index (χ1n) is 5.67. The molecule has 0 aromatic heterocycles. The van der Waals surface area contributed by atoms with Crippen LogP contribution in [0, 0.1) is 0 Å². The Balaban J connectivity index is 2.32. The Morgan fingerprint density at radius 1 is 1.13 bits per heavy atom. The summed E-state index contributed by atoms with van der Waals surface area (Å²) >= 11 is 0. The number of aromatic hydroxyl groups is 1. The highest BCUT2D eigenvalue weighted by Gasteiger charge is 2.33. The minimum Gasteiger partial charge on any atom is -0.508 e. The number of phenols is 1. The first kappa shape index (κ1) is 10.5. The smallest absolute Gasteiger partial charge is 0.115 e. The van der Waals surface area contributed by atoms with E-state index in [2.05, 4.69) is 0 Å². The predicted molar refractivity (Wildman–Crippen MR) is 60.0 cm³/mol. The van der Waals surface area contributed by atoms with Crippen molar-refractivity contribution in [2.24, 2.45) is 0 Å². The van der Waals surface area contributed by atoms with Gasteiger partial charge in [-0.3, -0.25) is 0 Å². The number of aliphatic hydroxyl groups is 1. The van der Waals surface area contributed by atoms with E-state index in [1.54, 1.807) is 12.1 Å². The van der Waals surface area contributed by atoms with Crippen molar-refractivity contribution >= 4 is 0 Å². The van der Waals surface area contributed by atoms with Crippen LogP contribution in [0.3, 0.4) is 0 Å². The van der Waals surface area contributed by atoms with Crippen LogP contribution in [0.2, 0.25) is 0 Å². The fourth-order valence-corrected chi connectivity index (χ4v) is 2.60. The summed E-state index contributed by atoms with van der Waals surface area (Å²) in [5.41, 5.74) is 0.987. The quantitative estimate of drug-likeness (QED) is 0.780. The maximum atomic E-state index is 9.60. The summed E-state index contributed by atoms with van der Waals surface area (Å²) in [6, 6.07) is 7.34. The van der Waals surface area contributed by atoms with Crippen molar-refractivity contribution in [3.8, 4) is 5.75 Å². The number of aliphatic hydroxyl groups excluding tert-OH is 1. The van der Waals surface area contributed by atoms with Gasteiger partial charge in [0.05, 0.1) is 6.61 Å². The number of benzene rings is 1. The zero-order valence-corrected chi connectivity index (χ0v) is 8.95. The predicted octanol–water partition coefficient (Wildman–Crippen LogP) is 2.59. The van der Waals surface area contributed by atoms with E-state index in [1.165, 1.54) is 19.3 Å². The highest BCUT2D eigenvalue weighted by molar-refractivity contribution is 5.33. The fraction of sp³-hybridized carbons (Fsp3) is 0.538. The minimum absolute atomic E-state index is 0.100. The summed E-state index contributed by atoms with van der Waals surface area (Å²) in [6.07, 6.45) is 5.69. The van der Waals surface area contributed by atoms with Crippen molar-refractivity contribution in [1.29, 1.82) is 0 Å². The summed E-state index contributed by atoms with van der Waals surface area (Å²) in [5, 5.41) is 19.1. The van der Waals surface area contributed by atoms with E-state index in [0.717, 1.165) is 18.4 Å². The van der Waals surface area contributed by atoms with Gasteiger partial charge in [0.1, 0.15) is 5.75 Å². The molecule has 0 unspecified atom stereocenters. The molecular weight excluding hydrogens is 188 g/mol. The number of hydrogen-bond donors (Lipinski definition) is 2. The van der Waals surface area contributed by atoms with Crippen LogP contribution in [0.5, 0.6) is 5.75 Å². The molecule has 0 aliphatic heterocycles. The Hall–Kier alpha value is -1.02. The van der Waals surface area contributed by atoms with Crippen molar-refractivity contribution in [2.75, 3.05) is 6.61 Å². The third-order valence-corrected chi connectivity index (χ3v) is 3.57. The maximum absolute atomic E-state index is 9.60. The zero-order valence-electron chi connectivity index (χ0n) is 8.95. The van der Waals surface area contributed by atoms with Gasteiger partial charge in [0.15, 0.2) is 0 Å². The van der Waals surface area contributed by atoms with Crippen LogP contribution in [0.25, 0.3) is 0 Å². The summed E-state index contributed by atoms with van der Waals surface area (Å²) in [4.78, 5) is 0. The largest absolute Gasteiger partial charge is 0.508 e. The lowest BCUT2D eigenvalue weighted by molar-refractivity contribution is 0.151. The molecular formula is C13H18O2. The van der Waals surface area contributed by atoms with E-state index in [-0.39, 0.29) is 12.0 Å². The number of rotatable bonds is 2. The molecule has 1 aromatic carbocycles. The van der Waals surface area contributed by atoms with E-state index >= 15 is 0 Å². The Kier molecular flexibility index (Phi) is 2.96. The SMILES string of the molecule is OCC1(c2cccc(O)c2)CCCCC1. The molecule has 0 amide bonds. The highest BCUT2D eigenvalue weighted by atomic mass is 16.3.